The van der Waals surface area contributed by atoms with E-state index >= 15 is 0 Å². The second kappa shape index (κ2) is 8.09. The first kappa shape index (κ1) is 15.0. The van der Waals surface area contributed by atoms with Crippen LogP contribution in [0.25, 0.3) is 0 Å². The third kappa shape index (κ3) is 6.41. The van der Waals surface area contributed by atoms with Gasteiger partial charge in [-0.15, -0.1) is 0 Å². The van der Waals surface area contributed by atoms with E-state index in [4.69, 9.17) is 0 Å². The van der Waals surface area contributed by atoms with Gasteiger partial charge in [-0.25, -0.2) is 0 Å². The van der Waals surface area contributed by atoms with Crippen molar-refractivity contribution in [3.63, 3.8) is 0 Å². The van der Waals surface area contributed by atoms with Gasteiger partial charge in [0.1, 0.15) is 0 Å². The summed E-state index contributed by atoms with van der Waals surface area (Å²) in [6, 6.07) is 9.52. The molecule has 0 bridgehead atoms. The van der Waals surface area contributed by atoms with Crippen molar-refractivity contribution >= 4 is 22.6 Å². The number of hydrogen-bond donors (Lipinski definition) is 1. The molecular weight excluding hydrogens is 321 g/mol. The number of rotatable bonds is 7. The van der Waals surface area contributed by atoms with E-state index in [2.05, 4.69) is 72.9 Å². The molecule has 0 aliphatic rings. The molecular formula is C15H24IN. The van der Waals surface area contributed by atoms with Crippen molar-refractivity contribution in [2.75, 3.05) is 6.54 Å². The second-order valence-electron chi connectivity index (χ2n) is 5.05. The SMILES string of the molecule is CCCC(CNC(C)C)Cc1ccc(I)cc1. The maximum absolute atomic E-state index is 3.56. The third-order valence-corrected chi connectivity index (χ3v) is 3.67. The zero-order valence-corrected chi connectivity index (χ0v) is 13.3. The Hall–Kier alpha value is -0.0900. The van der Waals surface area contributed by atoms with Gasteiger partial charge < -0.3 is 5.32 Å². The summed E-state index contributed by atoms with van der Waals surface area (Å²) >= 11 is 2.36. The highest BCUT2D eigenvalue weighted by molar-refractivity contribution is 14.1. The Morgan fingerprint density at radius 1 is 1.18 bits per heavy atom. The first-order chi connectivity index (χ1) is 8.11. The monoisotopic (exact) mass is 345 g/mol. The predicted molar refractivity (Wildman–Crippen MR) is 84.4 cm³/mol. The van der Waals surface area contributed by atoms with Crippen molar-refractivity contribution in [1.82, 2.24) is 5.32 Å². The van der Waals surface area contributed by atoms with Crippen LogP contribution in [0.1, 0.15) is 39.2 Å². The van der Waals surface area contributed by atoms with Crippen LogP contribution in [-0.4, -0.2) is 12.6 Å². The van der Waals surface area contributed by atoms with Crippen LogP contribution in [0.2, 0.25) is 0 Å². The molecule has 0 aromatic heterocycles. The van der Waals surface area contributed by atoms with Crippen molar-refractivity contribution in [1.29, 1.82) is 0 Å². The average molecular weight is 345 g/mol. The standard InChI is InChI=1S/C15H24IN/c1-4-5-14(11-17-12(2)3)10-13-6-8-15(16)9-7-13/h6-9,12,14,17H,4-5,10-11H2,1-3H3. The summed E-state index contributed by atoms with van der Waals surface area (Å²) in [6.45, 7) is 7.84. The molecule has 2 heteroatoms. The lowest BCUT2D eigenvalue weighted by Gasteiger charge is -2.18. The molecule has 1 unspecified atom stereocenters. The Bertz CT molecular complexity index is 305. The van der Waals surface area contributed by atoms with Gasteiger partial charge in [0.15, 0.2) is 0 Å². The quantitative estimate of drug-likeness (QED) is 0.729. The zero-order valence-electron chi connectivity index (χ0n) is 11.2. The van der Waals surface area contributed by atoms with E-state index in [9.17, 15) is 0 Å². The summed E-state index contributed by atoms with van der Waals surface area (Å²) in [7, 11) is 0. The maximum atomic E-state index is 3.56. The van der Waals surface area contributed by atoms with Crippen LogP contribution in [0.15, 0.2) is 24.3 Å². The minimum Gasteiger partial charge on any atom is -0.314 e. The van der Waals surface area contributed by atoms with Crippen LogP contribution in [0.3, 0.4) is 0 Å². The molecule has 0 aliphatic carbocycles. The van der Waals surface area contributed by atoms with E-state index in [-0.39, 0.29) is 0 Å². The summed E-state index contributed by atoms with van der Waals surface area (Å²) in [5, 5.41) is 3.56. The van der Waals surface area contributed by atoms with Crippen LogP contribution >= 0.6 is 22.6 Å². The highest BCUT2D eigenvalue weighted by atomic mass is 127. The Morgan fingerprint density at radius 2 is 1.82 bits per heavy atom. The molecule has 0 saturated heterocycles. The minimum atomic E-state index is 0.589. The fourth-order valence-electron chi connectivity index (χ4n) is 2.04. The molecule has 1 aromatic carbocycles. The highest BCUT2D eigenvalue weighted by Crippen LogP contribution is 2.15. The highest BCUT2D eigenvalue weighted by Gasteiger charge is 2.09. The smallest absolute Gasteiger partial charge is 0.0130 e. The predicted octanol–water partition coefficient (Wildman–Crippen LogP) is 4.25. The third-order valence-electron chi connectivity index (χ3n) is 2.95. The molecule has 1 aromatic rings. The van der Waals surface area contributed by atoms with E-state index in [0.29, 0.717) is 6.04 Å². The second-order valence-corrected chi connectivity index (χ2v) is 6.29. The van der Waals surface area contributed by atoms with Gasteiger partial charge in [0, 0.05) is 9.61 Å². The Kier molecular flexibility index (Phi) is 7.12. The van der Waals surface area contributed by atoms with E-state index in [1.54, 1.807) is 0 Å². The zero-order chi connectivity index (χ0) is 12.7. The number of nitrogens with one attached hydrogen (secondary N) is 1. The summed E-state index contributed by atoms with van der Waals surface area (Å²) in [6.07, 6.45) is 3.78. The van der Waals surface area contributed by atoms with Crippen molar-refractivity contribution in [3.8, 4) is 0 Å². The lowest BCUT2D eigenvalue weighted by atomic mass is 9.95. The van der Waals surface area contributed by atoms with Crippen molar-refractivity contribution in [3.05, 3.63) is 33.4 Å². The molecule has 0 aliphatic heterocycles. The average Bonchev–Trinajstić information content (AvgIpc) is 2.29. The molecule has 0 heterocycles. The van der Waals surface area contributed by atoms with Gasteiger partial charge in [0.2, 0.25) is 0 Å². The first-order valence-corrected chi connectivity index (χ1v) is 7.67. The Balaban J connectivity index is 2.50. The van der Waals surface area contributed by atoms with Crippen LogP contribution in [0.4, 0.5) is 0 Å². The van der Waals surface area contributed by atoms with E-state index in [0.717, 1.165) is 12.5 Å². The molecule has 0 radical (unpaired) electrons. The summed E-state index contributed by atoms with van der Waals surface area (Å²) in [5.41, 5.74) is 1.47. The number of benzene rings is 1. The fraction of sp³-hybridized carbons (Fsp3) is 0.600. The van der Waals surface area contributed by atoms with Crippen LogP contribution in [0, 0.1) is 9.49 Å². The van der Waals surface area contributed by atoms with E-state index in [1.807, 2.05) is 0 Å². The first-order valence-electron chi connectivity index (χ1n) is 6.59. The van der Waals surface area contributed by atoms with Gasteiger partial charge in [-0.1, -0.05) is 39.3 Å². The fourth-order valence-corrected chi connectivity index (χ4v) is 2.40. The molecule has 1 N–H and O–H groups in total. The summed E-state index contributed by atoms with van der Waals surface area (Å²) < 4.78 is 1.32. The number of halogens is 1. The van der Waals surface area contributed by atoms with Gasteiger partial charge in [-0.2, -0.15) is 0 Å². The molecule has 0 fully saturated rings. The molecule has 0 spiro atoms. The lowest BCUT2D eigenvalue weighted by Crippen LogP contribution is -2.29. The molecule has 1 nitrogen and oxygen atoms in total. The summed E-state index contributed by atoms with van der Waals surface area (Å²) in [4.78, 5) is 0. The number of hydrogen-bond acceptors (Lipinski definition) is 1. The Morgan fingerprint density at radius 3 is 2.35 bits per heavy atom. The molecule has 1 atom stereocenters. The molecule has 96 valence electrons. The van der Waals surface area contributed by atoms with Crippen LogP contribution < -0.4 is 5.32 Å². The molecule has 0 saturated carbocycles. The van der Waals surface area contributed by atoms with E-state index < -0.39 is 0 Å². The lowest BCUT2D eigenvalue weighted by molar-refractivity contribution is 0.418. The normalized spacial score (nSPS) is 13.0. The van der Waals surface area contributed by atoms with Gasteiger partial charge in [-0.3, -0.25) is 0 Å². The van der Waals surface area contributed by atoms with Crippen LogP contribution in [0.5, 0.6) is 0 Å². The topological polar surface area (TPSA) is 12.0 Å². The van der Waals surface area contributed by atoms with Gasteiger partial charge >= 0.3 is 0 Å². The summed E-state index contributed by atoms with van der Waals surface area (Å²) in [5.74, 6) is 0.766. The minimum absolute atomic E-state index is 0.589. The van der Waals surface area contributed by atoms with Gasteiger partial charge in [0.25, 0.3) is 0 Å². The van der Waals surface area contributed by atoms with Gasteiger partial charge in [0.05, 0.1) is 0 Å². The van der Waals surface area contributed by atoms with Crippen LogP contribution in [-0.2, 0) is 6.42 Å². The van der Waals surface area contributed by atoms with E-state index in [1.165, 1.54) is 28.4 Å². The molecule has 0 amide bonds. The molecule has 17 heavy (non-hydrogen) atoms. The van der Waals surface area contributed by atoms with Gasteiger partial charge in [-0.05, 0) is 65.6 Å². The molecule has 1 rings (SSSR count). The van der Waals surface area contributed by atoms with Crippen molar-refractivity contribution < 1.29 is 0 Å². The van der Waals surface area contributed by atoms with Crippen molar-refractivity contribution in [2.45, 2.75) is 46.1 Å². The Labute approximate surface area is 120 Å². The van der Waals surface area contributed by atoms with Crippen molar-refractivity contribution in [2.24, 2.45) is 5.92 Å². The maximum Gasteiger partial charge on any atom is 0.0130 e. The largest absolute Gasteiger partial charge is 0.314 e.